The van der Waals surface area contributed by atoms with Crippen LogP contribution in [0.15, 0.2) is 24.3 Å². The molecule has 1 atom stereocenters. The second-order valence-electron chi connectivity index (χ2n) is 6.10. The zero-order valence-corrected chi connectivity index (χ0v) is 15.0. The number of likely N-dealkylation sites (N-methyl/N-ethyl adjacent to an activating group) is 1. The molecule has 2 N–H and O–H groups in total. The van der Waals surface area contributed by atoms with Gasteiger partial charge in [0.1, 0.15) is 0 Å². The lowest BCUT2D eigenvalue weighted by Gasteiger charge is -2.21. The molecule has 0 spiro atoms. The molecule has 1 aromatic carbocycles. The van der Waals surface area contributed by atoms with Crippen LogP contribution in [-0.4, -0.2) is 59.9 Å². The van der Waals surface area contributed by atoms with Gasteiger partial charge in [0.2, 0.25) is 0 Å². The molecule has 134 valence electrons. The van der Waals surface area contributed by atoms with Crippen molar-refractivity contribution < 1.29 is 24.1 Å². The van der Waals surface area contributed by atoms with Crippen molar-refractivity contribution >= 4 is 41.0 Å². The van der Waals surface area contributed by atoms with E-state index in [0.717, 1.165) is 9.80 Å². The average Bonchev–Trinajstić information content (AvgIpc) is 2.73. The number of hydrogen-bond acceptors (Lipinski definition) is 4. The molecule has 1 unspecified atom stereocenters. The smallest absolute Gasteiger partial charge is 0.320 e. The second-order valence-corrected chi connectivity index (χ2v) is 6.51. The molecule has 0 saturated carbocycles. The van der Waals surface area contributed by atoms with Gasteiger partial charge in [0.05, 0.1) is 17.8 Å². The molecule has 0 radical (unpaired) electrons. The van der Waals surface area contributed by atoms with E-state index in [-0.39, 0.29) is 19.1 Å². The minimum Gasteiger partial charge on any atom is -0.320 e. The summed E-state index contributed by atoms with van der Waals surface area (Å²) in [5.41, 5.74) is 0.483. The molecule has 1 aromatic rings. The third-order valence-corrected chi connectivity index (χ3v) is 3.97. The van der Waals surface area contributed by atoms with E-state index in [4.69, 9.17) is 11.6 Å². The van der Waals surface area contributed by atoms with Gasteiger partial charge in [-0.2, -0.15) is 0 Å². The maximum Gasteiger partial charge on any atom is 0.338 e. The van der Waals surface area contributed by atoms with Gasteiger partial charge in [0.15, 0.2) is 13.2 Å². The molecule has 2 rings (SSSR count). The minimum atomic E-state index is -0.871. The number of nitrogens with zero attached hydrogens (tertiary/aromatic N) is 2. The van der Waals surface area contributed by atoms with Gasteiger partial charge in [0.25, 0.3) is 5.91 Å². The molecule has 1 aliphatic heterocycles. The minimum absolute atomic E-state index is 0.00183. The van der Waals surface area contributed by atoms with Crippen LogP contribution in [0.25, 0.3) is 0 Å². The van der Waals surface area contributed by atoms with Crippen LogP contribution in [-0.2, 0) is 14.4 Å². The number of rotatable bonds is 6. The number of carbonyl (C=O) groups is 4. The topological polar surface area (TPSA) is 91.2 Å². The molecule has 8 nitrogen and oxygen atoms in total. The third-order valence-electron chi connectivity index (χ3n) is 3.64. The van der Waals surface area contributed by atoms with Gasteiger partial charge in [-0.3, -0.25) is 19.3 Å². The van der Waals surface area contributed by atoms with E-state index in [1.54, 1.807) is 45.2 Å². The number of imide groups is 2. The number of para-hydroxylation sites is 1. The van der Waals surface area contributed by atoms with Crippen LogP contribution in [0.4, 0.5) is 10.5 Å². The van der Waals surface area contributed by atoms with E-state index < -0.39 is 23.9 Å². The van der Waals surface area contributed by atoms with Crippen LogP contribution in [0, 0.1) is 0 Å². The molecule has 0 bridgehead atoms. The number of halogens is 1. The fraction of sp³-hybridized carbons (Fsp3) is 0.375. The van der Waals surface area contributed by atoms with Crippen LogP contribution < -0.4 is 10.2 Å². The Hall–Kier alpha value is -2.45. The van der Waals surface area contributed by atoms with Gasteiger partial charge in [-0.25, -0.2) is 9.69 Å². The second kappa shape index (κ2) is 7.62. The molecule has 1 heterocycles. The molecule has 0 aromatic heterocycles. The van der Waals surface area contributed by atoms with Gasteiger partial charge >= 0.3 is 17.8 Å². The van der Waals surface area contributed by atoms with Crippen molar-refractivity contribution in [3.05, 3.63) is 29.3 Å². The summed E-state index contributed by atoms with van der Waals surface area (Å²) in [5.74, 6) is -2.03. The fourth-order valence-corrected chi connectivity index (χ4v) is 2.66. The number of hydrogen-bond donors (Lipinski definition) is 2. The summed E-state index contributed by atoms with van der Waals surface area (Å²) in [6.07, 6.45) is 0. The standard InChI is InChI=1S/C16H19ClN4O4/c1-10(2)21-15(24)14(23)20(16(21)25)9-19(3)8-13(22)18-12-7-5-4-6-11(12)17/h4-7,10H,8-9H2,1-3H3,(H,18,22)/p+1. The Labute approximate surface area is 150 Å². The van der Waals surface area contributed by atoms with Gasteiger partial charge < -0.3 is 10.2 Å². The first-order chi connectivity index (χ1) is 11.7. The lowest BCUT2D eigenvalue weighted by Crippen LogP contribution is -3.11. The highest BCUT2D eigenvalue weighted by Crippen LogP contribution is 2.20. The highest BCUT2D eigenvalue weighted by atomic mass is 35.5. The first-order valence-electron chi connectivity index (χ1n) is 7.77. The zero-order valence-electron chi connectivity index (χ0n) is 14.2. The largest absolute Gasteiger partial charge is 0.338 e. The van der Waals surface area contributed by atoms with Crippen LogP contribution in [0.1, 0.15) is 13.8 Å². The Bertz CT molecular complexity index is 722. The van der Waals surface area contributed by atoms with Gasteiger partial charge in [-0.05, 0) is 26.0 Å². The van der Waals surface area contributed by atoms with Crippen molar-refractivity contribution in [3.63, 3.8) is 0 Å². The highest BCUT2D eigenvalue weighted by molar-refractivity contribution is 6.44. The SMILES string of the molecule is CC(C)N1C(=O)C(=O)N(C[NH+](C)CC(=O)Nc2ccccc2Cl)C1=O. The molecule has 25 heavy (non-hydrogen) atoms. The van der Waals surface area contributed by atoms with E-state index in [1.165, 1.54) is 0 Å². The van der Waals surface area contributed by atoms with Gasteiger partial charge in [0, 0.05) is 6.04 Å². The van der Waals surface area contributed by atoms with Crippen molar-refractivity contribution in [1.29, 1.82) is 0 Å². The number of urea groups is 1. The van der Waals surface area contributed by atoms with E-state index >= 15 is 0 Å². The first-order valence-corrected chi connectivity index (χ1v) is 8.15. The number of nitrogens with one attached hydrogen (secondary N) is 2. The van der Waals surface area contributed by atoms with E-state index in [1.807, 2.05) is 0 Å². The maximum absolute atomic E-state index is 12.2. The Balaban J connectivity index is 1.96. The molecular weight excluding hydrogens is 348 g/mol. The van der Waals surface area contributed by atoms with Gasteiger partial charge in [-0.15, -0.1) is 0 Å². The van der Waals surface area contributed by atoms with E-state index in [0.29, 0.717) is 15.6 Å². The summed E-state index contributed by atoms with van der Waals surface area (Å²) in [5, 5.41) is 3.08. The first kappa shape index (κ1) is 18.9. The van der Waals surface area contributed by atoms with Crippen molar-refractivity contribution in [2.75, 3.05) is 25.6 Å². The Morgan fingerprint density at radius 1 is 1.20 bits per heavy atom. The lowest BCUT2D eigenvalue weighted by atomic mass is 10.3. The summed E-state index contributed by atoms with van der Waals surface area (Å²) < 4.78 is 0. The number of anilines is 1. The molecule has 1 saturated heterocycles. The Morgan fingerprint density at radius 2 is 1.84 bits per heavy atom. The summed E-state index contributed by atoms with van der Waals surface area (Å²) in [7, 11) is 1.65. The maximum atomic E-state index is 12.2. The Morgan fingerprint density at radius 3 is 2.40 bits per heavy atom. The van der Waals surface area contributed by atoms with Crippen molar-refractivity contribution in [1.82, 2.24) is 9.80 Å². The molecule has 5 amide bonds. The third kappa shape index (κ3) is 4.15. The highest BCUT2D eigenvalue weighted by Gasteiger charge is 2.47. The van der Waals surface area contributed by atoms with Gasteiger partial charge in [-0.1, -0.05) is 23.7 Å². The molecule has 1 fully saturated rings. The molecule has 1 aliphatic rings. The summed E-state index contributed by atoms with van der Waals surface area (Å²) in [4.78, 5) is 50.5. The molecule has 9 heteroatoms. The predicted molar refractivity (Wildman–Crippen MR) is 90.9 cm³/mol. The molecular formula is C16H20ClN4O4+. The van der Waals surface area contributed by atoms with E-state index in [2.05, 4.69) is 5.32 Å². The summed E-state index contributed by atoms with van der Waals surface area (Å²) in [6.45, 7) is 3.22. The van der Waals surface area contributed by atoms with Crippen LogP contribution >= 0.6 is 11.6 Å². The normalized spacial score (nSPS) is 16.0. The Kier molecular flexibility index (Phi) is 5.76. The molecule has 0 aliphatic carbocycles. The average molecular weight is 368 g/mol. The van der Waals surface area contributed by atoms with Crippen LogP contribution in [0.5, 0.6) is 0 Å². The zero-order chi connectivity index (χ0) is 18.7. The van der Waals surface area contributed by atoms with Crippen molar-refractivity contribution in [3.8, 4) is 0 Å². The monoisotopic (exact) mass is 367 g/mol. The quantitative estimate of drug-likeness (QED) is 0.545. The van der Waals surface area contributed by atoms with Crippen molar-refractivity contribution in [2.24, 2.45) is 0 Å². The number of carbonyl (C=O) groups excluding carboxylic acids is 4. The van der Waals surface area contributed by atoms with E-state index in [9.17, 15) is 19.2 Å². The number of quaternary nitrogens is 1. The predicted octanol–water partition coefficient (Wildman–Crippen LogP) is -0.0501. The van der Waals surface area contributed by atoms with Crippen molar-refractivity contribution in [2.45, 2.75) is 19.9 Å². The van der Waals surface area contributed by atoms with Crippen LogP contribution in [0.2, 0.25) is 5.02 Å². The number of amides is 5. The summed E-state index contributed by atoms with van der Waals surface area (Å²) >= 11 is 5.98. The number of benzene rings is 1. The summed E-state index contributed by atoms with van der Waals surface area (Å²) in [6, 6.07) is 5.75. The fourth-order valence-electron chi connectivity index (χ4n) is 2.47. The lowest BCUT2D eigenvalue weighted by molar-refractivity contribution is -0.878. The van der Waals surface area contributed by atoms with Crippen LogP contribution in [0.3, 0.4) is 0 Å².